The van der Waals surface area contributed by atoms with Crippen LogP contribution >= 0.6 is 0 Å². The number of rotatable bonds is 8. The van der Waals surface area contributed by atoms with Crippen molar-refractivity contribution >= 4 is 21.9 Å². The van der Waals surface area contributed by atoms with Crippen molar-refractivity contribution in [1.82, 2.24) is 24.8 Å². The van der Waals surface area contributed by atoms with Crippen molar-refractivity contribution in [2.45, 2.75) is 13.5 Å². The molecule has 26 heavy (non-hydrogen) atoms. The molecule has 0 radical (unpaired) electrons. The number of amides is 1. The average molecular weight is 380 g/mol. The van der Waals surface area contributed by atoms with E-state index in [2.05, 4.69) is 20.1 Å². The van der Waals surface area contributed by atoms with E-state index in [9.17, 15) is 13.2 Å². The summed E-state index contributed by atoms with van der Waals surface area (Å²) < 4.78 is 26.1. The van der Waals surface area contributed by atoms with Gasteiger partial charge in [0.2, 0.25) is 16.0 Å². The minimum absolute atomic E-state index is 0.138. The van der Waals surface area contributed by atoms with E-state index in [-0.39, 0.29) is 19.0 Å². The fourth-order valence-electron chi connectivity index (χ4n) is 2.31. The predicted molar refractivity (Wildman–Crippen MR) is 101 cm³/mol. The van der Waals surface area contributed by atoms with E-state index in [1.165, 1.54) is 0 Å². The van der Waals surface area contributed by atoms with Crippen molar-refractivity contribution in [2.24, 2.45) is 0 Å². The monoisotopic (exact) mass is 380 g/mol. The van der Waals surface area contributed by atoms with Crippen LogP contribution in [0.4, 0.5) is 5.95 Å². The number of carbonyl (C=O) groups is 1. The summed E-state index contributed by atoms with van der Waals surface area (Å²) in [5.74, 6) is 0.998. The van der Waals surface area contributed by atoms with Gasteiger partial charge in [-0.25, -0.2) is 17.8 Å². The first-order valence-electron chi connectivity index (χ1n) is 8.16. The van der Waals surface area contributed by atoms with Gasteiger partial charge in [0.15, 0.2) is 5.82 Å². The van der Waals surface area contributed by atoms with Crippen molar-refractivity contribution in [3.63, 3.8) is 0 Å². The Kier molecular flexibility index (Phi) is 6.32. The van der Waals surface area contributed by atoms with Gasteiger partial charge in [0, 0.05) is 44.9 Å². The Bertz CT molecular complexity index is 876. The minimum atomic E-state index is -3.26. The van der Waals surface area contributed by atoms with Gasteiger partial charge in [-0.2, -0.15) is 4.98 Å². The number of sulfonamides is 1. The van der Waals surface area contributed by atoms with E-state index < -0.39 is 10.0 Å². The van der Waals surface area contributed by atoms with Crippen LogP contribution in [-0.4, -0.2) is 62.5 Å². The number of hydrogen-bond donors (Lipinski definition) is 2. The lowest BCUT2D eigenvalue weighted by molar-refractivity contribution is 0.0954. The lowest BCUT2D eigenvalue weighted by atomic mass is 10.1. The summed E-state index contributed by atoms with van der Waals surface area (Å²) in [6.07, 6.45) is 1.07. The largest absolute Gasteiger partial charge is 0.351 e. The molecule has 1 heterocycles. The number of hydrogen-bond acceptors (Lipinski definition) is 6. The van der Waals surface area contributed by atoms with Gasteiger partial charge in [-0.15, -0.1) is 5.10 Å². The van der Waals surface area contributed by atoms with Crippen LogP contribution in [0.3, 0.4) is 0 Å². The first kappa shape index (κ1) is 19.9. The van der Waals surface area contributed by atoms with E-state index >= 15 is 0 Å². The summed E-state index contributed by atoms with van der Waals surface area (Å²) in [6.45, 7) is 3.01. The van der Waals surface area contributed by atoms with Gasteiger partial charge >= 0.3 is 0 Å². The smallest absolute Gasteiger partial charge is 0.251 e. The predicted octanol–water partition coefficient (Wildman–Crippen LogP) is 0.310. The van der Waals surface area contributed by atoms with Gasteiger partial charge < -0.3 is 10.2 Å². The summed E-state index contributed by atoms with van der Waals surface area (Å²) in [5.41, 5.74) is 1.20. The van der Waals surface area contributed by atoms with Crippen molar-refractivity contribution < 1.29 is 13.2 Å². The first-order chi connectivity index (χ1) is 12.2. The van der Waals surface area contributed by atoms with E-state index in [1.54, 1.807) is 22.9 Å². The number of aromatic nitrogens is 3. The third-order valence-corrected chi connectivity index (χ3v) is 4.24. The van der Waals surface area contributed by atoms with Gasteiger partial charge in [-0.3, -0.25) is 4.79 Å². The third kappa shape index (κ3) is 5.27. The van der Waals surface area contributed by atoms with E-state index in [4.69, 9.17) is 0 Å². The SMILES string of the molecule is CCn1nc(-c2cccc(C(=O)NCCNS(C)(=O)=O)c2)nc1N(C)C. The van der Waals surface area contributed by atoms with E-state index in [1.807, 2.05) is 32.0 Å². The lowest BCUT2D eigenvalue weighted by Crippen LogP contribution is -2.34. The topological polar surface area (TPSA) is 109 Å². The van der Waals surface area contributed by atoms with Crippen molar-refractivity contribution in [3.8, 4) is 11.4 Å². The molecule has 1 amide bonds. The minimum Gasteiger partial charge on any atom is -0.351 e. The lowest BCUT2D eigenvalue weighted by Gasteiger charge is -2.10. The third-order valence-electron chi connectivity index (χ3n) is 3.51. The molecule has 142 valence electrons. The molecular formula is C16H24N6O3S. The average Bonchev–Trinajstić information content (AvgIpc) is 3.02. The highest BCUT2D eigenvalue weighted by Gasteiger charge is 2.14. The highest BCUT2D eigenvalue weighted by molar-refractivity contribution is 7.88. The van der Waals surface area contributed by atoms with Crippen LogP contribution in [0.1, 0.15) is 17.3 Å². The quantitative estimate of drug-likeness (QED) is 0.638. The molecule has 0 atom stereocenters. The summed E-state index contributed by atoms with van der Waals surface area (Å²) in [5, 5.41) is 7.15. The van der Waals surface area contributed by atoms with Gasteiger partial charge in [0.25, 0.3) is 5.91 Å². The zero-order valence-electron chi connectivity index (χ0n) is 15.4. The van der Waals surface area contributed by atoms with E-state index in [0.29, 0.717) is 17.9 Å². The van der Waals surface area contributed by atoms with Crippen molar-refractivity contribution in [2.75, 3.05) is 38.3 Å². The molecule has 0 unspecified atom stereocenters. The molecule has 0 bridgehead atoms. The van der Waals surface area contributed by atoms with E-state index in [0.717, 1.165) is 17.8 Å². The van der Waals surface area contributed by atoms with Gasteiger partial charge in [0.1, 0.15) is 0 Å². The fraction of sp³-hybridized carbons (Fsp3) is 0.438. The molecule has 2 aromatic rings. The molecule has 1 aromatic carbocycles. The number of anilines is 1. The summed E-state index contributed by atoms with van der Waals surface area (Å²) >= 11 is 0. The van der Waals surface area contributed by atoms with Gasteiger partial charge in [-0.1, -0.05) is 12.1 Å². The molecule has 1 aromatic heterocycles. The Hall–Kier alpha value is -2.46. The molecule has 0 spiro atoms. The number of nitrogens with zero attached hydrogens (tertiary/aromatic N) is 4. The van der Waals surface area contributed by atoms with Crippen LogP contribution in [0.5, 0.6) is 0 Å². The Morgan fingerprint density at radius 3 is 2.58 bits per heavy atom. The maximum atomic E-state index is 12.2. The zero-order chi connectivity index (χ0) is 19.3. The second-order valence-corrected chi connectivity index (χ2v) is 7.78. The van der Waals surface area contributed by atoms with Crippen molar-refractivity contribution in [3.05, 3.63) is 29.8 Å². The van der Waals surface area contributed by atoms with Gasteiger partial charge in [-0.05, 0) is 19.1 Å². The molecule has 0 aliphatic heterocycles. The molecular weight excluding hydrogens is 356 g/mol. The maximum absolute atomic E-state index is 12.2. The molecule has 2 rings (SSSR count). The molecule has 10 heteroatoms. The molecule has 0 saturated carbocycles. The Morgan fingerprint density at radius 2 is 2.00 bits per heavy atom. The van der Waals surface area contributed by atoms with Crippen LogP contribution in [0.25, 0.3) is 11.4 Å². The molecule has 9 nitrogen and oxygen atoms in total. The standard InChI is InChI=1S/C16H24N6O3S/c1-5-22-16(21(2)3)19-14(20-22)12-7-6-8-13(11-12)15(23)17-9-10-18-26(4,24)25/h6-8,11,18H,5,9-10H2,1-4H3,(H,17,23). The second kappa shape index (κ2) is 8.28. The normalized spacial score (nSPS) is 11.4. The maximum Gasteiger partial charge on any atom is 0.251 e. The fourth-order valence-corrected chi connectivity index (χ4v) is 2.79. The summed E-state index contributed by atoms with van der Waals surface area (Å²) in [6, 6.07) is 7.01. The number of benzene rings is 1. The highest BCUT2D eigenvalue weighted by atomic mass is 32.2. The summed E-state index contributed by atoms with van der Waals surface area (Å²) in [7, 11) is 0.529. The first-order valence-corrected chi connectivity index (χ1v) is 10.1. The van der Waals surface area contributed by atoms with Crippen LogP contribution in [0.15, 0.2) is 24.3 Å². The Morgan fingerprint density at radius 1 is 1.27 bits per heavy atom. The van der Waals surface area contributed by atoms with Crippen molar-refractivity contribution in [1.29, 1.82) is 0 Å². The van der Waals surface area contributed by atoms with Crippen LogP contribution in [0, 0.1) is 0 Å². The van der Waals surface area contributed by atoms with Crippen LogP contribution in [-0.2, 0) is 16.6 Å². The number of carbonyl (C=O) groups excluding carboxylic acids is 1. The highest BCUT2D eigenvalue weighted by Crippen LogP contribution is 2.20. The number of aryl methyl sites for hydroxylation is 1. The second-order valence-electron chi connectivity index (χ2n) is 5.95. The van der Waals surface area contributed by atoms with Gasteiger partial charge in [0.05, 0.1) is 6.26 Å². The molecule has 0 aliphatic rings. The molecule has 2 N–H and O–H groups in total. The Labute approximate surface area is 153 Å². The van der Waals surface area contributed by atoms with Crippen LogP contribution < -0.4 is 14.9 Å². The zero-order valence-corrected chi connectivity index (χ0v) is 16.2. The van der Waals surface area contributed by atoms with Crippen LogP contribution in [0.2, 0.25) is 0 Å². The summed E-state index contributed by atoms with van der Waals surface area (Å²) in [4.78, 5) is 18.7. The Balaban J connectivity index is 2.11. The number of nitrogens with one attached hydrogen (secondary N) is 2. The molecule has 0 saturated heterocycles. The molecule has 0 aliphatic carbocycles. The molecule has 0 fully saturated rings.